The van der Waals surface area contributed by atoms with Gasteiger partial charge in [0.1, 0.15) is 12.4 Å². The lowest BCUT2D eigenvalue weighted by Crippen LogP contribution is -2.39. The molecule has 0 saturated carbocycles. The number of ether oxygens (including phenoxy) is 2. The van der Waals surface area contributed by atoms with Gasteiger partial charge in [-0.1, -0.05) is 0 Å². The fourth-order valence-corrected chi connectivity index (χ4v) is 2.01. The maximum atomic E-state index is 11.3. The first-order valence-corrected chi connectivity index (χ1v) is 4.72. The molecule has 1 saturated heterocycles. The zero-order chi connectivity index (χ0) is 10.1. The van der Waals surface area contributed by atoms with Gasteiger partial charge in [-0.3, -0.25) is 0 Å². The number of aldehydes is 1. The highest BCUT2D eigenvalue weighted by Crippen LogP contribution is 2.34. The van der Waals surface area contributed by atoms with Crippen LogP contribution in [0.5, 0.6) is 0 Å². The van der Waals surface area contributed by atoms with Crippen molar-refractivity contribution >= 4 is 12.3 Å². The van der Waals surface area contributed by atoms with Crippen molar-refractivity contribution in [3.05, 3.63) is 11.8 Å². The standard InChI is InChI=1S/C10H12O4/c1-6-8(4-11)7-2-3-13-10(12)9(7)5-14-6/h4-8H,2-3H2,1H3/t6-,7-,8-/m0/s1. The summed E-state index contributed by atoms with van der Waals surface area (Å²) in [7, 11) is 0. The number of rotatable bonds is 1. The molecule has 0 N–H and O–H groups in total. The second kappa shape index (κ2) is 3.44. The van der Waals surface area contributed by atoms with Gasteiger partial charge in [0.2, 0.25) is 0 Å². The Morgan fingerprint density at radius 3 is 3.07 bits per heavy atom. The molecule has 3 atom stereocenters. The molecule has 2 rings (SSSR count). The summed E-state index contributed by atoms with van der Waals surface area (Å²) in [5, 5.41) is 0. The average molecular weight is 196 g/mol. The van der Waals surface area contributed by atoms with Crippen LogP contribution in [-0.4, -0.2) is 25.0 Å². The van der Waals surface area contributed by atoms with Gasteiger partial charge in [-0.05, 0) is 13.3 Å². The first-order valence-electron chi connectivity index (χ1n) is 4.72. The van der Waals surface area contributed by atoms with Gasteiger partial charge in [-0.15, -0.1) is 0 Å². The van der Waals surface area contributed by atoms with Gasteiger partial charge in [0.15, 0.2) is 0 Å². The van der Waals surface area contributed by atoms with E-state index in [0.717, 1.165) is 6.29 Å². The Morgan fingerprint density at radius 1 is 1.57 bits per heavy atom. The Balaban J connectivity index is 2.29. The first-order chi connectivity index (χ1) is 6.74. The predicted octanol–water partition coefficient (Wildman–Crippen LogP) is 0.667. The molecule has 0 radical (unpaired) electrons. The second-order valence-corrected chi connectivity index (χ2v) is 3.66. The van der Waals surface area contributed by atoms with Gasteiger partial charge in [0.05, 0.1) is 24.4 Å². The van der Waals surface area contributed by atoms with Gasteiger partial charge in [0.25, 0.3) is 0 Å². The Morgan fingerprint density at radius 2 is 2.36 bits per heavy atom. The summed E-state index contributed by atoms with van der Waals surface area (Å²) in [4.78, 5) is 22.2. The molecule has 76 valence electrons. The molecule has 0 aromatic heterocycles. The van der Waals surface area contributed by atoms with E-state index in [4.69, 9.17) is 9.47 Å². The van der Waals surface area contributed by atoms with Crippen molar-refractivity contribution in [2.24, 2.45) is 11.8 Å². The van der Waals surface area contributed by atoms with E-state index in [0.29, 0.717) is 18.6 Å². The second-order valence-electron chi connectivity index (χ2n) is 3.66. The van der Waals surface area contributed by atoms with Crippen LogP contribution < -0.4 is 0 Å². The molecule has 2 heterocycles. The van der Waals surface area contributed by atoms with E-state index in [9.17, 15) is 9.59 Å². The molecule has 4 nitrogen and oxygen atoms in total. The predicted molar refractivity (Wildman–Crippen MR) is 47.3 cm³/mol. The molecule has 0 amide bonds. The summed E-state index contributed by atoms with van der Waals surface area (Å²) in [5.41, 5.74) is 0.506. The zero-order valence-corrected chi connectivity index (χ0v) is 7.93. The van der Waals surface area contributed by atoms with Gasteiger partial charge in [-0.2, -0.15) is 0 Å². The third-order valence-electron chi connectivity index (χ3n) is 2.87. The fourth-order valence-electron chi connectivity index (χ4n) is 2.01. The molecule has 2 aliphatic heterocycles. The zero-order valence-electron chi connectivity index (χ0n) is 7.93. The van der Waals surface area contributed by atoms with Gasteiger partial charge >= 0.3 is 5.97 Å². The van der Waals surface area contributed by atoms with Crippen molar-refractivity contribution in [2.45, 2.75) is 19.4 Å². The Kier molecular flexibility index (Phi) is 2.27. The molecule has 4 heteroatoms. The molecule has 14 heavy (non-hydrogen) atoms. The minimum absolute atomic E-state index is 0.0162. The Hall–Kier alpha value is -1.32. The van der Waals surface area contributed by atoms with Crippen LogP contribution in [0.4, 0.5) is 0 Å². The summed E-state index contributed by atoms with van der Waals surface area (Å²) in [6.45, 7) is 2.24. The average Bonchev–Trinajstić information content (AvgIpc) is 2.18. The number of fused-ring (bicyclic) bond motifs is 1. The maximum Gasteiger partial charge on any atom is 0.337 e. The Bertz CT molecular complexity index is 294. The monoisotopic (exact) mass is 196 g/mol. The van der Waals surface area contributed by atoms with E-state index in [2.05, 4.69) is 0 Å². The summed E-state index contributed by atoms with van der Waals surface area (Å²) in [5.74, 6) is -0.583. The van der Waals surface area contributed by atoms with Crippen LogP contribution in [0.15, 0.2) is 11.8 Å². The van der Waals surface area contributed by atoms with Gasteiger partial charge < -0.3 is 14.3 Å². The van der Waals surface area contributed by atoms with E-state index < -0.39 is 0 Å². The van der Waals surface area contributed by atoms with Gasteiger partial charge in [0, 0.05) is 5.92 Å². The lowest BCUT2D eigenvalue weighted by atomic mass is 9.79. The van der Waals surface area contributed by atoms with E-state index in [1.54, 1.807) is 0 Å². The van der Waals surface area contributed by atoms with Crippen molar-refractivity contribution in [2.75, 3.05) is 6.61 Å². The van der Waals surface area contributed by atoms with Crippen LogP contribution in [0, 0.1) is 11.8 Å². The highest BCUT2D eigenvalue weighted by atomic mass is 16.5. The van der Waals surface area contributed by atoms with E-state index in [1.807, 2.05) is 6.92 Å². The molecule has 1 fully saturated rings. The number of hydrogen-bond donors (Lipinski definition) is 0. The summed E-state index contributed by atoms with van der Waals surface area (Å²) in [6.07, 6.45) is 2.89. The number of carbonyl (C=O) groups is 2. The van der Waals surface area contributed by atoms with Crippen LogP contribution >= 0.6 is 0 Å². The summed E-state index contributed by atoms with van der Waals surface area (Å²) in [6, 6.07) is 0. The molecule has 0 unspecified atom stereocenters. The maximum absolute atomic E-state index is 11.3. The van der Waals surface area contributed by atoms with E-state index in [1.165, 1.54) is 6.26 Å². The van der Waals surface area contributed by atoms with Crippen molar-refractivity contribution < 1.29 is 19.1 Å². The quantitative estimate of drug-likeness (QED) is 0.457. The topological polar surface area (TPSA) is 52.6 Å². The number of esters is 1. The number of hydrogen-bond acceptors (Lipinski definition) is 4. The molecule has 0 spiro atoms. The van der Waals surface area contributed by atoms with Crippen LogP contribution in [0.1, 0.15) is 13.3 Å². The molecule has 2 aliphatic rings. The molecule has 0 bridgehead atoms. The summed E-state index contributed by atoms with van der Waals surface area (Å²) < 4.78 is 10.1. The van der Waals surface area contributed by atoms with Crippen LogP contribution in [0.2, 0.25) is 0 Å². The minimum Gasteiger partial charge on any atom is -0.497 e. The number of carbonyl (C=O) groups excluding carboxylic acids is 2. The smallest absolute Gasteiger partial charge is 0.337 e. The Labute approximate surface area is 81.9 Å². The normalized spacial score (nSPS) is 36.2. The molecular weight excluding hydrogens is 184 g/mol. The van der Waals surface area contributed by atoms with E-state index in [-0.39, 0.29) is 23.9 Å². The molecule has 0 aliphatic carbocycles. The number of cyclic esters (lactones) is 1. The van der Waals surface area contributed by atoms with Crippen LogP contribution in [0.25, 0.3) is 0 Å². The van der Waals surface area contributed by atoms with Crippen LogP contribution in [0.3, 0.4) is 0 Å². The molecule has 0 aromatic carbocycles. The van der Waals surface area contributed by atoms with Gasteiger partial charge in [-0.25, -0.2) is 4.79 Å². The third-order valence-corrected chi connectivity index (χ3v) is 2.87. The minimum atomic E-state index is -0.347. The highest BCUT2D eigenvalue weighted by molar-refractivity contribution is 5.90. The lowest BCUT2D eigenvalue weighted by molar-refractivity contribution is -0.145. The van der Waals surface area contributed by atoms with Crippen molar-refractivity contribution in [3.63, 3.8) is 0 Å². The fraction of sp³-hybridized carbons (Fsp3) is 0.600. The largest absolute Gasteiger partial charge is 0.497 e. The third kappa shape index (κ3) is 1.31. The molecular formula is C10H12O4. The lowest BCUT2D eigenvalue weighted by Gasteiger charge is -2.35. The van der Waals surface area contributed by atoms with Crippen molar-refractivity contribution in [3.8, 4) is 0 Å². The highest BCUT2D eigenvalue weighted by Gasteiger charge is 2.39. The summed E-state index contributed by atoms with van der Waals surface area (Å²) >= 11 is 0. The van der Waals surface area contributed by atoms with Crippen LogP contribution in [-0.2, 0) is 19.1 Å². The SMILES string of the molecule is C[C@@H]1OC=C2C(=O)OCC[C@H]2[C@H]1C=O. The van der Waals surface area contributed by atoms with Crippen molar-refractivity contribution in [1.82, 2.24) is 0 Å². The van der Waals surface area contributed by atoms with Crippen molar-refractivity contribution in [1.29, 1.82) is 0 Å². The van der Waals surface area contributed by atoms with E-state index >= 15 is 0 Å². The molecule has 0 aromatic rings. The first kappa shape index (κ1) is 9.24.